The minimum absolute atomic E-state index is 0.00491. The van der Waals surface area contributed by atoms with Crippen LogP contribution in [-0.4, -0.2) is 40.6 Å². The number of likely N-dealkylation sites (tertiary alicyclic amines) is 1. The van der Waals surface area contributed by atoms with E-state index in [1.54, 1.807) is 6.20 Å². The average molecular weight is 374 g/mol. The van der Waals surface area contributed by atoms with E-state index in [1.807, 2.05) is 48.5 Å². The Labute approximate surface area is 165 Å². The van der Waals surface area contributed by atoms with E-state index in [0.717, 1.165) is 49.4 Å². The molecule has 0 saturated carbocycles. The van der Waals surface area contributed by atoms with Crippen molar-refractivity contribution in [3.63, 3.8) is 0 Å². The smallest absolute Gasteiger partial charge is 0.251 e. The van der Waals surface area contributed by atoms with Gasteiger partial charge in [-0.2, -0.15) is 5.10 Å². The summed E-state index contributed by atoms with van der Waals surface area (Å²) in [5.74, 6) is 0.495. The lowest BCUT2D eigenvalue weighted by molar-refractivity contribution is 0.0930. The van der Waals surface area contributed by atoms with Crippen molar-refractivity contribution < 1.29 is 4.79 Å². The van der Waals surface area contributed by atoms with E-state index in [1.165, 1.54) is 6.42 Å². The van der Waals surface area contributed by atoms with Gasteiger partial charge >= 0.3 is 0 Å². The van der Waals surface area contributed by atoms with Crippen LogP contribution >= 0.6 is 0 Å². The maximum Gasteiger partial charge on any atom is 0.251 e. The normalized spacial score (nSPS) is 17.4. The van der Waals surface area contributed by atoms with E-state index in [2.05, 4.69) is 32.5 Å². The van der Waals surface area contributed by atoms with Crippen molar-refractivity contribution in [2.45, 2.75) is 19.4 Å². The zero-order valence-corrected chi connectivity index (χ0v) is 16.0. The molecule has 1 fully saturated rings. The lowest BCUT2D eigenvalue weighted by atomic mass is 9.97. The number of benzene rings is 2. The predicted octanol–water partition coefficient (Wildman–Crippen LogP) is 3.72. The molecule has 144 valence electrons. The quantitative estimate of drug-likeness (QED) is 0.691. The van der Waals surface area contributed by atoms with Gasteiger partial charge in [-0.1, -0.05) is 42.5 Å². The second-order valence-corrected chi connectivity index (χ2v) is 7.48. The summed E-state index contributed by atoms with van der Waals surface area (Å²) >= 11 is 0. The van der Waals surface area contributed by atoms with Gasteiger partial charge in [-0.3, -0.25) is 14.8 Å². The molecule has 5 heteroatoms. The molecule has 0 bridgehead atoms. The van der Waals surface area contributed by atoms with Gasteiger partial charge in [0.15, 0.2) is 0 Å². The highest BCUT2D eigenvalue weighted by molar-refractivity contribution is 5.94. The summed E-state index contributed by atoms with van der Waals surface area (Å²) in [4.78, 5) is 15.0. The second kappa shape index (κ2) is 8.85. The minimum Gasteiger partial charge on any atom is -0.352 e. The zero-order chi connectivity index (χ0) is 19.2. The molecule has 2 heterocycles. The maximum atomic E-state index is 12.5. The number of piperidine rings is 1. The summed E-state index contributed by atoms with van der Waals surface area (Å²) in [6, 6.07) is 20.1. The number of hydrogen-bond acceptors (Lipinski definition) is 3. The second-order valence-electron chi connectivity index (χ2n) is 7.48. The topological polar surface area (TPSA) is 61.0 Å². The van der Waals surface area contributed by atoms with E-state index in [9.17, 15) is 4.79 Å². The van der Waals surface area contributed by atoms with Crippen LogP contribution in [0.3, 0.4) is 0 Å². The first-order valence-corrected chi connectivity index (χ1v) is 9.92. The van der Waals surface area contributed by atoms with Crippen molar-refractivity contribution in [3.8, 4) is 11.1 Å². The summed E-state index contributed by atoms with van der Waals surface area (Å²) in [5, 5.41) is 10.2. The Bertz CT molecular complexity index is 875. The molecule has 1 aliphatic rings. The van der Waals surface area contributed by atoms with Crippen LogP contribution in [0, 0.1) is 5.92 Å². The maximum absolute atomic E-state index is 12.5. The van der Waals surface area contributed by atoms with E-state index in [0.29, 0.717) is 11.5 Å². The van der Waals surface area contributed by atoms with E-state index in [4.69, 9.17) is 0 Å². The predicted molar refractivity (Wildman–Crippen MR) is 111 cm³/mol. The molecular formula is C23H26N4O. The molecule has 28 heavy (non-hydrogen) atoms. The van der Waals surface area contributed by atoms with Crippen LogP contribution < -0.4 is 5.32 Å². The number of nitrogens with zero attached hydrogens (tertiary/aromatic N) is 2. The van der Waals surface area contributed by atoms with Gasteiger partial charge in [-0.05, 0) is 54.6 Å². The third-order valence-electron chi connectivity index (χ3n) is 5.36. The number of hydrogen-bond donors (Lipinski definition) is 2. The highest BCUT2D eigenvalue weighted by Crippen LogP contribution is 2.20. The molecule has 0 unspecified atom stereocenters. The molecule has 0 aliphatic carbocycles. The Morgan fingerprint density at radius 1 is 1.07 bits per heavy atom. The highest BCUT2D eigenvalue weighted by Gasteiger charge is 2.21. The Morgan fingerprint density at radius 3 is 2.61 bits per heavy atom. The molecule has 1 atom stereocenters. The van der Waals surface area contributed by atoms with Crippen molar-refractivity contribution in [2.24, 2.45) is 5.92 Å². The molecule has 4 rings (SSSR count). The fourth-order valence-corrected chi connectivity index (χ4v) is 3.86. The molecule has 2 aromatic carbocycles. The Hall–Kier alpha value is -2.92. The van der Waals surface area contributed by atoms with Crippen LogP contribution in [0.5, 0.6) is 0 Å². The number of rotatable bonds is 6. The number of aromatic nitrogens is 2. The van der Waals surface area contributed by atoms with E-state index in [-0.39, 0.29) is 5.91 Å². The first-order chi connectivity index (χ1) is 13.8. The van der Waals surface area contributed by atoms with E-state index < -0.39 is 0 Å². The number of amides is 1. The molecule has 0 spiro atoms. The Balaban J connectivity index is 1.29. The first kappa shape index (κ1) is 18.4. The van der Waals surface area contributed by atoms with Gasteiger partial charge in [0.2, 0.25) is 0 Å². The average Bonchev–Trinajstić information content (AvgIpc) is 3.26. The molecule has 5 nitrogen and oxygen atoms in total. The first-order valence-electron chi connectivity index (χ1n) is 9.92. The number of nitrogens with one attached hydrogen (secondary N) is 2. The van der Waals surface area contributed by atoms with Gasteiger partial charge < -0.3 is 5.32 Å². The van der Waals surface area contributed by atoms with Gasteiger partial charge in [-0.15, -0.1) is 0 Å². The molecule has 0 radical (unpaired) electrons. The van der Waals surface area contributed by atoms with Crippen LogP contribution in [0.25, 0.3) is 11.1 Å². The summed E-state index contributed by atoms with van der Waals surface area (Å²) in [5.41, 5.74) is 4.14. The van der Waals surface area contributed by atoms with Crippen molar-refractivity contribution in [1.29, 1.82) is 0 Å². The molecule has 2 N–H and O–H groups in total. The van der Waals surface area contributed by atoms with Crippen LogP contribution in [0.2, 0.25) is 0 Å². The molecule has 3 aromatic rings. The lowest BCUT2D eigenvalue weighted by Gasteiger charge is -2.32. The zero-order valence-electron chi connectivity index (χ0n) is 16.0. The third kappa shape index (κ3) is 4.67. The van der Waals surface area contributed by atoms with Crippen molar-refractivity contribution >= 4 is 5.91 Å². The van der Waals surface area contributed by atoms with Crippen molar-refractivity contribution in [1.82, 2.24) is 20.4 Å². The van der Waals surface area contributed by atoms with Gasteiger partial charge in [0.1, 0.15) is 0 Å². The molecule has 1 saturated heterocycles. The van der Waals surface area contributed by atoms with Crippen molar-refractivity contribution in [2.75, 3.05) is 19.6 Å². The van der Waals surface area contributed by atoms with Crippen LogP contribution in [-0.2, 0) is 6.54 Å². The van der Waals surface area contributed by atoms with Crippen molar-refractivity contribution in [3.05, 3.63) is 78.1 Å². The molecule has 1 amide bonds. The number of carbonyl (C=O) groups excluding carboxylic acids is 1. The standard InChI is InChI=1S/C23H26N4O/c28-23(21-10-8-20(9-11-21)19-6-2-1-3-7-19)24-15-18-5-4-14-27(16-18)17-22-12-13-25-26-22/h1-3,6-13,18H,4-5,14-17H2,(H,24,28)(H,25,26)/t18-/m0/s1. The van der Waals surface area contributed by atoms with E-state index >= 15 is 0 Å². The Morgan fingerprint density at radius 2 is 1.86 bits per heavy atom. The summed E-state index contributed by atoms with van der Waals surface area (Å²) in [7, 11) is 0. The number of H-pyrrole nitrogens is 1. The highest BCUT2D eigenvalue weighted by atomic mass is 16.1. The fraction of sp³-hybridized carbons (Fsp3) is 0.304. The van der Waals surface area contributed by atoms with Gasteiger partial charge in [-0.25, -0.2) is 0 Å². The summed E-state index contributed by atoms with van der Waals surface area (Å²) < 4.78 is 0. The van der Waals surface area contributed by atoms with Crippen LogP contribution in [0.1, 0.15) is 28.9 Å². The number of carbonyl (C=O) groups is 1. The molecular weight excluding hydrogens is 348 g/mol. The van der Waals surface area contributed by atoms with Crippen LogP contribution in [0.4, 0.5) is 0 Å². The third-order valence-corrected chi connectivity index (χ3v) is 5.36. The summed E-state index contributed by atoms with van der Waals surface area (Å²) in [6.45, 7) is 3.72. The molecule has 1 aliphatic heterocycles. The van der Waals surface area contributed by atoms with Gasteiger partial charge in [0.05, 0.1) is 0 Å². The minimum atomic E-state index is 0.00491. The number of aromatic amines is 1. The lowest BCUT2D eigenvalue weighted by Crippen LogP contribution is -2.40. The summed E-state index contributed by atoms with van der Waals surface area (Å²) in [6.07, 6.45) is 4.12. The SMILES string of the molecule is O=C(NC[C@@H]1CCCN(Cc2ccn[nH]2)C1)c1ccc(-c2ccccc2)cc1. The fourth-order valence-electron chi connectivity index (χ4n) is 3.86. The molecule has 1 aromatic heterocycles. The Kier molecular flexibility index (Phi) is 5.83. The van der Waals surface area contributed by atoms with Crippen LogP contribution in [0.15, 0.2) is 66.9 Å². The largest absolute Gasteiger partial charge is 0.352 e. The van der Waals surface area contributed by atoms with Gasteiger partial charge in [0, 0.05) is 37.1 Å². The van der Waals surface area contributed by atoms with Gasteiger partial charge in [0.25, 0.3) is 5.91 Å². The monoisotopic (exact) mass is 374 g/mol.